The van der Waals surface area contributed by atoms with Crippen LogP contribution in [0.15, 0.2) is 18.2 Å². The molecule has 1 amide bonds. The first kappa shape index (κ1) is 15.6. The number of nitrogens with two attached hydrogens (primary N) is 1. The average molecular weight is 280 g/mol. The number of thiocarbonyl (C=S) groups is 1. The van der Waals surface area contributed by atoms with Gasteiger partial charge in [-0.25, -0.2) is 0 Å². The monoisotopic (exact) mass is 280 g/mol. The van der Waals surface area contributed by atoms with E-state index in [1.54, 1.807) is 13.2 Å². The predicted molar refractivity (Wildman–Crippen MR) is 81.4 cm³/mol. The molecule has 0 aromatic heterocycles. The van der Waals surface area contributed by atoms with Gasteiger partial charge in [0.2, 0.25) is 5.91 Å². The van der Waals surface area contributed by atoms with Crippen LogP contribution in [-0.2, 0) is 9.53 Å². The zero-order valence-corrected chi connectivity index (χ0v) is 12.6. The van der Waals surface area contributed by atoms with Crippen LogP contribution < -0.4 is 11.1 Å². The topological polar surface area (TPSA) is 64.3 Å². The highest BCUT2D eigenvalue weighted by molar-refractivity contribution is 7.80. The normalized spacial score (nSPS) is 11.2. The molecule has 0 radical (unpaired) electrons. The van der Waals surface area contributed by atoms with Gasteiger partial charge in [0.15, 0.2) is 0 Å². The molecule has 0 fully saturated rings. The van der Waals surface area contributed by atoms with Crippen molar-refractivity contribution >= 4 is 28.8 Å². The number of carbonyl (C=O) groups excluding carboxylic acids is 1. The van der Waals surface area contributed by atoms with Gasteiger partial charge in [-0.2, -0.15) is 0 Å². The molecule has 5 heteroatoms. The fraction of sp³-hybridized carbons (Fsp3) is 0.429. The Kier molecular flexibility index (Phi) is 5.03. The lowest BCUT2D eigenvalue weighted by molar-refractivity contribution is -0.121. The van der Waals surface area contributed by atoms with Gasteiger partial charge in [0, 0.05) is 12.7 Å². The van der Waals surface area contributed by atoms with Crippen LogP contribution in [0.5, 0.6) is 0 Å². The van der Waals surface area contributed by atoms with Crippen LogP contribution in [0.2, 0.25) is 0 Å². The Bertz CT molecular complexity index is 498. The Morgan fingerprint density at radius 1 is 1.47 bits per heavy atom. The molecule has 0 spiro atoms. The summed E-state index contributed by atoms with van der Waals surface area (Å²) in [7, 11) is 1.58. The maximum atomic E-state index is 12.0. The largest absolute Gasteiger partial charge is 0.389 e. The van der Waals surface area contributed by atoms with Gasteiger partial charge in [0.1, 0.15) is 4.99 Å². The van der Waals surface area contributed by atoms with E-state index in [2.05, 4.69) is 5.32 Å². The number of amides is 1. The lowest BCUT2D eigenvalue weighted by atomic mass is 10.0. The first-order valence-electron chi connectivity index (χ1n) is 6.01. The van der Waals surface area contributed by atoms with E-state index in [1.807, 2.05) is 32.9 Å². The van der Waals surface area contributed by atoms with Gasteiger partial charge < -0.3 is 15.8 Å². The fourth-order valence-corrected chi connectivity index (χ4v) is 2.02. The standard InChI is InChI=1S/C14H20N2O2S/c1-9-6-5-7-10(12(9)13(15)19)16-11(17)8-14(2,3)18-4/h5-7H,8H2,1-4H3,(H2,15,19)(H,16,17). The number of aryl methyl sites for hydroxylation is 1. The summed E-state index contributed by atoms with van der Waals surface area (Å²) in [4.78, 5) is 12.3. The molecular weight excluding hydrogens is 260 g/mol. The fourth-order valence-electron chi connectivity index (χ4n) is 1.75. The van der Waals surface area contributed by atoms with E-state index in [-0.39, 0.29) is 17.3 Å². The molecular formula is C14H20N2O2S. The van der Waals surface area contributed by atoms with Crippen LogP contribution >= 0.6 is 12.2 Å². The lowest BCUT2D eigenvalue weighted by Gasteiger charge is -2.22. The summed E-state index contributed by atoms with van der Waals surface area (Å²) >= 11 is 5.02. The number of hydrogen-bond acceptors (Lipinski definition) is 3. The summed E-state index contributed by atoms with van der Waals surface area (Å²) in [5, 5.41) is 2.84. The molecule has 1 aromatic carbocycles. The third-order valence-corrected chi connectivity index (χ3v) is 3.14. The van der Waals surface area contributed by atoms with E-state index < -0.39 is 5.60 Å². The Morgan fingerprint density at radius 3 is 2.63 bits per heavy atom. The number of benzene rings is 1. The van der Waals surface area contributed by atoms with E-state index in [0.717, 1.165) is 5.56 Å². The van der Waals surface area contributed by atoms with Crippen molar-refractivity contribution < 1.29 is 9.53 Å². The second kappa shape index (κ2) is 6.12. The first-order valence-corrected chi connectivity index (χ1v) is 6.42. The van der Waals surface area contributed by atoms with Crippen molar-refractivity contribution in [1.29, 1.82) is 0 Å². The minimum Gasteiger partial charge on any atom is -0.389 e. The number of carbonyl (C=O) groups is 1. The Balaban J connectivity index is 2.92. The van der Waals surface area contributed by atoms with E-state index >= 15 is 0 Å². The second-order valence-electron chi connectivity index (χ2n) is 5.05. The zero-order chi connectivity index (χ0) is 14.6. The van der Waals surface area contributed by atoms with Gasteiger partial charge in [-0.15, -0.1) is 0 Å². The molecule has 1 rings (SSSR count). The van der Waals surface area contributed by atoms with Gasteiger partial charge in [0.05, 0.1) is 17.7 Å². The molecule has 1 aromatic rings. The molecule has 3 N–H and O–H groups in total. The Labute approximate surface area is 119 Å². The van der Waals surface area contributed by atoms with Crippen molar-refractivity contribution in [1.82, 2.24) is 0 Å². The van der Waals surface area contributed by atoms with Crippen molar-refractivity contribution in [2.45, 2.75) is 32.8 Å². The van der Waals surface area contributed by atoms with Crippen molar-refractivity contribution in [3.8, 4) is 0 Å². The van der Waals surface area contributed by atoms with Crippen molar-refractivity contribution in [3.63, 3.8) is 0 Å². The van der Waals surface area contributed by atoms with E-state index in [1.165, 1.54) is 0 Å². The third-order valence-electron chi connectivity index (χ3n) is 2.93. The van der Waals surface area contributed by atoms with Crippen molar-refractivity contribution in [3.05, 3.63) is 29.3 Å². The minimum absolute atomic E-state index is 0.130. The number of nitrogens with one attached hydrogen (secondary N) is 1. The molecule has 0 heterocycles. The predicted octanol–water partition coefficient (Wildman–Crippen LogP) is 2.38. The summed E-state index contributed by atoms with van der Waals surface area (Å²) in [5.41, 5.74) is 7.49. The van der Waals surface area contributed by atoms with E-state index in [4.69, 9.17) is 22.7 Å². The molecule has 0 bridgehead atoms. The van der Waals surface area contributed by atoms with Crippen LogP contribution in [0, 0.1) is 6.92 Å². The molecule has 0 saturated carbocycles. The molecule has 0 aliphatic rings. The van der Waals surface area contributed by atoms with E-state index in [0.29, 0.717) is 11.3 Å². The highest BCUT2D eigenvalue weighted by Gasteiger charge is 2.22. The Morgan fingerprint density at radius 2 is 2.11 bits per heavy atom. The summed E-state index contributed by atoms with van der Waals surface area (Å²) in [5.74, 6) is -0.130. The maximum Gasteiger partial charge on any atom is 0.227 e. The maximum absolute atomic E-state index is 12.0. The zero-order valence-electron chi connectivity index (χ0n) is 11.7. The number of rotatable bonds is 5. The molecule has 4 nitrogen and oxygen atoms in total. The van der Waals surface area contributed by atoms with Gasteiger partial charge in [-0.3, -0.25) is 4.79 Å². The van der Waals surface area contributed by atoms with E-state index in [9.17, 15) is 4.79 Å². The summed E-state index contributed by atoms with van der Waals surface area (Å²) in [6.07, 6.45) is 0.258. The average Bonchev–Trinajstić information content (AvgIpc) is 2.27. The summed E-state index contributed by atoms with van der Waals surface area (Å²) in [6.45, 7) is 5.62. The van der Waals surface area contributed by atoms with Crippen LogP contribution in [0.3, 0.4) is 0 Å². The van der Waals surface area contributed by atoms with Gasteiger partial charge in [0.25, 0.3) is 0 Å². The lowest BCUT2D eigenvalue weighted by Crippen LogP contribution is -2.30. The number of hydrogen-bond donors (Lipinski definition) is 2. The highest BCUT2D eigenvalue weighted by Crippen LogP contribution is 2.21. The number of methoxy groups -OCH3 is 1. The Hall–Kier alpha value is -1.46. The molecule has 0 aliphatic heterocycles. The number of anilines is 1. The molecule has 19 heavy (non-hydrogen) atoms. The molecule has 104 valence electrons. The highest BCUT2D eigenvalue weighted by atomic mass is 32.1. The summed E-state index contributed by atoms with van der Waals surface area (Å²) < 4.78 is 5.24. The molecule has 0 unspecified atom stereocenters. The second-order valence-corrected chi connectivity index (χ2v) is 5.49. The minimum atomic E-state index is -0.503. The summed E-state index contributed by atoms with van der Waals surface area (Å²) in [6, 6.07) is 5.55. The van der Waals surface area contributed by atoms with Gasteiger partial charge in [-0.1, -0.05) is 24.4 Å². The van der Waals surface area contributed by atoms with Crippen LogP contribution in [0.1, 0.15) is 31.4 Å². The molecule has 0 saturated heterocycles. The van der Waals surface area contributed by atoms with Crippen molar-refractivity contribution in [2.24, 2.45) is 5.73 Å². The van der Waals surface area contributed by atoms with Crippen LogP contribution in [0.25, 0.3) is 0 Å². The van der Waals surface area contributed by atoms with Crippen molar-refractivity contribution in [2.75, 3.05) is 12.4 Å². The van der Waals surface area contributed by atoms with Crippen LogP contribution in [0.4, 0.5) is 5.69 Å². The number of ether oxygens (including phenoxy) is 1. The SMILES string of the molecule is COC(C)(C)CC(=O)Nc1cccc(C)c1C(N)=S. The van der Waals surface area contributed by atoms with Gasteiger partial charge >= 0.3 is 0 Å². The third kappa shape index (κ3) is 4.29. The smallest absolute Gasteiger partial charge is 0.227 e. The van der Waals surface area contributed by atoms with Gasteiger partial charge in [-0.05, 0) is 32.4 Å². The molecule has 0 atom stereocenters. The molecule has 0 aliphatic carbocycles. The van der Waals surface area contributed by atoms with Crippen LogP contribution in [-0.4, -0.2) is 23.6 Å². The first-order chi connectivity index (χ1) is 8.76. The quantitative estimate of drug-likeness (QED) is 0.813.